The van der Waals surface area contributed by atoms with E-state index in [1.807, 2.05) is 0 Å². The first-order valence-electron chi connectivity index (χ1n) is 8.97. The Morgan fingerprint density at radius 1 is 1.23 bits per heavy atom. The summed E-state index contributed by atoms with van der Waals surface area (Å²) in [5, 5.41) is 3.55. The van der Waals surface area contributed by atoms with Crippen molar-refractivity contribution < 1.29 is 9.53 Å². The average Bonchev–Trinajstić information content (AvgIpc) is 2.62. The lowest BCUT2D eigenvalue weighted by atomic mass is 9.95. The van der Waals surface area contributed by atoms with Crippen molar-refractivity contribution in [2.75, 3.05) is 25.5 Å². The summed E-state index contributed by atoms with van der Waals surface area (Å²) in [7, 11) is 1.59. The number of nitrogens with one attached hydrogen (secondary N) is 1. The minimum absolute atomic E-state index is 0.0208. The van der Waals surface area contributed by atoms with E-state index in [4.69, 9.17) is 16.3 Å². The van der Waals surface area contributed by atoms with Gasteiger partial charge in [-0.25, -0.2) is 0 Å². The molecule has 0 radical (unpaired) electrons. The molecule has 0 spiro atoms. The average molecular weight is 373 g/mol. The SMILES string of the molecule is COc1ccc(Cl)cc1NC(=O)C1CCN(Cc2cccc(C)c2)CC1. The number of nitrogens with zero attached hydrogens (tertiary/aromatic N) is 1. The summed E-state index contributed by atoms with van der Waals surface area (Å²) in [5.74, 6) is 0.688. The van der Waals surface area contributed by atoms with Crippen LogP contribution in [0.2, 0.25) is 5.02 Å². The fourth-order valence-corrected chi connectivity index (χ4v) is 3.61. The van der Waals surface area contributed by atoms with E-state index in [1.54, 1.807) is 25.3 Å². The van der Waals surface area contributed by atoms with Gasteiger partial charge in [0.2, 0.25) is 5.91 Å². The van der Waals surface area contributed by atoms with Crippen molar-refractivity contribution in [2.24, 2.45) is 5.92 Å². The number of ether oxygens (including phenoxy) is 1. The molecule has 1 heterocycles. The number of methoxy groups -OCH3 is 1. The van der Waals surface area contributed by atoms with Crippen molar-refractivity contribution in [1.82, 2.24) is 4.90 Å². The van der Waals surface area contributed by atoms with Gasteiger partial charge in [0.15, 0.2) is 0 Å². The van der Waals surface area contributed by atoms with Gasteiger partial charge in [-0.2, -0.15) is 0 Å². The van der Waals surface area contributed by atoms with Crippen LogP contribution in [0, 0.1) is 12.8 Å². The highest BCUT2D eigenvalue weighted by Gasteiger charge is 2.25. The molecule has 2 aromatic carbocycles. The number of benzene rings is 2. The van der Waals surface area contributed by atoms with Crippen molar-refractivity contribution in [3.05, 3.63) is 58.6 Å². The van der Waals surface area contributed by atoms with E-state index in [1.165, 1.54) is 11.1 Å². The van der Waals surface area contributed by atoms with Gasteiger partial charge >= 0.3 is 0 Å². The second-order valence-corrected chi connectivity index (χ2v) is 7.31. The topological polar surface area (TPSA) is 41.6 Å². The molecule has 3 rings (SSSR count). The van der Waals surface area contributed by atoms with Gasteiger partial charge in [-0.15, -0.1) is 0 Å². The molecule has 0 aliphatic carbocycles. The molecule has 1 N–H and O–H groups in total. The molecule has 4 nitrogen and oxygen atoms in total. The number of rotatable bonds is 5. The number of piperidine rings is 1. The fourth-order valence-electron chi connectivity index (χ4n) is 3.43. The van der Waals surface area contributed by atoms with E-state index in [-0.39, 0.29) is 11.8 Å². The summed E-state index contributed by atoms with van der Waals surface area (Å²) in [6.07, 6.45) is 1.72. The summed E-state index contributed by atoms with van der Waals surface area (Å²) < 4.78 is 5.30. The zero-order chi connectivity index (χ0) is 18.5. The van der Waals surface area contributed by atoms with Gasteiger partial charge in [-0.05, 0) is 56.6 Å². The monoisotopic (exact) mass is 372 g/mol. The Balaban J connectivity index is 1.54. The number of carbonyl (C=O) groups is 1. The molecule has 0 bridgehead atoms. The minimum Gasteiger partial charge on any atom is -0.495 e. The fraction of sp³-hybridized carbons (Fsp3) is 0.381. The van der Waals surface area contributed by atoms with Gasteiger partial charge in [-0.1, -0.05) is 41.4 Å². The molecule has 138 valence electrons. The zero-order valence-corrected chi connectivity index (χ0v) is 16.1. The van der Waals surface area contributed by atoms with Crippen LogP contribution in [0.5, 0.6) is 5.75 Å². The van der Waals surface area contributed by atoms with E-state index in [2.05, 4.69) is 41.4 Å². The smallest absolute Gasteiger partial charge is 0.227 e. The number of halogens is 1. The van der Waals surface area contributed by atoms with Crippen molar-refractivity contribution in [2.45, 2.75) is 26.3 Å². The molecule has 26 heavy (non-hydrogen) atoms. The third-order valence-electron chi connectivity index (χ3n) is 4.87. The van der Waals surface area contributed by atoms with E-state index in [9.17, 15) is 4.79 Å². The van der Waals surface area contributed by atoms with Gasteiger partial charge in [0.1, 0.15) is 5.75 Å². The van der Waals surface area contributed by atoms with Gasteiger partial charge in [0.05, 0.1) is 12.8 Å². The number of hydrogen-bond acceptors (Lipinski definition) is 3. The Morgan fingerprint density at radius 3 is 2.69 bits per heavy atom. The van der Waals surface area contributed by atoms with Gasteiger partial charge in [-0.3, -0.25) is 9.69 Å². The zero-order valence-electron chi connectivity index (χ0n) is 15.3. The number of likely N-dealkylation sites (tertiary alicyclic amines) is 1. The van der Waals surface area contributed by atoms with Crippen LogP contribution < -0.4 is 10.1 Å². The molecule has 1 fully saturated rings. The summed E-state index contributed by atoms with van der Waals surface area (Å²) in [6, 6.07) is 13.8. The second-order valence-electron chi connectivity index (χ2n) is 6.87. The number of hydrogen-bond donors (Lipinski definition) is 1. The maximum absolute atomic E-state index is 12.6. The first kappa shape index (κ1) is 18.7. The second kappa shape index (κ2) is 8.56. The lowest BCUT2D eigenvalue weighted by Gasteiger charge is -2.31. The van der Waals surface area contributed by atoms with Crippen molar-refractivity contribution >= 4 is 23.2 Å². The Kier molecular flexibility index (Phi) is 6.17. The highest BCUT2D eigenvalue weighted by atomic mass is 35.5. The van der Waals surface area contributed by atoms with Crippen molar-refractivity contribution in [3.63, 3.8) is 0 Å². The van der Waals surface area contributed by atoms with Crippen LogP contribution in [-0.4, -0.2) is 31.0 Å². The number of anilines is 1. The summed E-state index contributed by atoms with van der Waals surface area (Å²) in [5.41, 5.74) is 3.25. The normalized spacial score (nSPS) is 15.7. The summed E-state index contributed by atoms with van der Waals surface area (Å²) in [6.45, 7) is 4.92. The molecule has 1 amide bonds. The number of carbonyl (C=O) groups excluding carboxylic acids is 1. The number of aryl methyl sites for hydroxylation is 1. The van der Waals surface area contributed by atoms with Crippen LogP contribution in [0.3, 0.4) is 0 Å². The van der Waals surface area contributed by atoms with Crippen LogP contribution >= 0.6 is 11.6 Å². The van der Waals surface area contributed by atoms with Gasteiger partial charge < -0.3 is 10.1 Å². The van der Waals surface area contributed by atoms with Gasteiger partial charge in [0, 0.05) is 17.5 Å². The molecular weight excluding hydrogens is 348 g/mol. The van der Waals surface area contributed by atoms with Crippen molar-refractivity contribution in [3.8, 4) is 5.75 Å². The van der Waals surface area contributed by atoms with E-state index < -0.39 is 0 Å². The molecule has 1 aliphatic rings. The molecular formula is C21H25ClN2O2. The third-order valence-corrected chi connectivity index (χ3v) is 5.10. The van der Waals surface area contributed by atoms with Crippen LogP contribution in [-0.2, 0) is 11.3 Å². The maximum atomic E-state index is 12.6. The molecule has 0 atom stereocenters. The quantitative estimate of drug-likeness (QED) is 0.839. The Labute approximate surface area is 160 Å². The van der Waals surface area contributed by atoms with Crippen LogP contribution in [0.4, 0.5) is 5.69 Å². The molecule has 2 aromatic rings. The standard InChI is InChI=1S/C21H25ClN2O2/c1-15-4-3-5-16(12-15)14-24-10-8-17(9-11-24)21(25)23-19-13-18(22)6-7-20(19)26-2/h3-7,12-13,17H,8-11,14H2,1-2H3,(H,23,25). The molecule has 1 aliphatic heterocycles. The summed E-state index contributed by atoms with van der Waals surface area (Å²) >= 11 is 6.04. The van der Waals surface area contributed by atoms with E-state index >= 15 is 0 Å². The lowest BCUT2D eigenvalue weighted by Crippen LogP contribution is -2.37. The van der Waals surface area contributed by atoms with Crippen LogP contribution in [0.25, 0.3) is 0 Å². The minimum atomic E-state index is 0.0208. The predicted molar refractivity (Wildman–Crippen MR) is 106 cm³/mol. The molecule has 5 heteroatoms. The molecule has 0 aromatic heterocycles. The van der Waals surface area contributed by atoms with Crippen molar-refractivity contribution in [1.29, 1.82) is 0 Å². The van der Waals surface area contributed by atoms with Gasteiger partial charge in [0.25, 0.3) is 0 Å². The first-order valence-corrected chi connectivity index (χ1v) is 9.35. The Morgan fingerprint density at radius 2 is 2.00 bits per heavy atom. The maximum Gasteiger partial charge on any atom is 0.227 e. The Bertz CT molecular complexity index is 770. The lowest BCUT2D eigenvalue weighted by molar-refractivity contribution is -0.121. The molecule has 0 unspecified atom stereocenters. The number of amides is 1. The summed E-state index contributed by atoms with van der Waals surface area (Å²) in [4.78, 5) is 15.0. The predicted octanol–water partition coefficient (Wildman–Crippen LogP) is 4.51. The molecule has 0 saturated carbocycles. The first-order chi connectivity index (χ1) is 12.5. The van der Waals surface area contributed by atoms with Crippen LogP contribution in [0.1, 0.15) is 24.0 Å². The van der Waals surface area contributed by atoms with E-state index in [0.29, 0.717) is 16.5 Å². The highest BCUT2D eigenvalue weighted by molar-refractivity contribution is 6.31. The van der Waals surface area contributed by atoms with E-state index in [0.717, 1.165) is 32.5 Å². The Hall–Kier alpha value is -2.04. The highest BCUT2D eigenvalue weighted by Crippen LogP contribution is 2.29. The third kappa shape index (κ3) is 4.77. The largest absolute Gasteiger partial charge is 0.495 e. The van der Waals surface area contributed by atoms with Crippen LogP contribution in [0.15, 0.2) is 42.5 Å². The molecule has 1 saturated heterocycles.